The third-order valence-electron chi connectivity index (χ3n) is 4.72. The molecule has 0 fully saturated rings. The van der Waals surface area contributed by atoms with Crippen LogP contribution in [0.4, 0.5) is 17.1 Å². The van der Waals surface area contributed by atoms with Gasteiger partial charge in [-0.3, -0.25) is 9.59 Å². The summed E-state index contributed by atoms with van der Waals surface area (Å²) in [7, 11) is 1.80. The summed E-state index contributed by atoms with van der Waals surface area (Å²) in [6.45, 7) is 5.54. The highest BCUT2D eigenvalue weighted by Crippen LogP contribution is 2.39. The van der Waals surface area contributed by atoms with Gasteiger partial charge in [-0.1, -0.05) is 17.7 Å². The van der Waals surface area contributed by atoms with Crippen molar-refractivity contribution in [2.45, 2.75) is 26.9 Å². The average molecular weight is 434 g/mol. The average Bonchev–Trinajstić information content (AvgIpc) is 2.77. The van der Waals surface area contributed by atoms with Crippen molar-refractivity contribution in [1.82, 2.24) is 0 Å². The maximum absolute atomic E-state index is 12.8. The molecule has 166 valence electrons. The van der Waals surface area contributed by atoms with Gasteiger partial charge >= 0.3 is 0 Å². The Kier molecular flexibility index (Phi) is 7.00. The van der Waals surface area contributed by atoms with Gasteiger partial charge in [0.2, 0.25) is 0 Å². The topological polar surface area (TPSA) is 99.7 Å². The van der Waals surface area contributed by atoms with E-state index in [4.69, 9.17) is 4.74 Å². The fourth-order valence-electron chi connectivity index (χ4n) is 3.03. The van der Waals surface area contributed by atoms with E-state index in [1.54, 1.807) is 63.4 Å². The zero-order valence-electron chi connectivity index (χ0n) is 18.5. The number of aromatic hydroxyl groups is 1. The Morgan fingerprint density at radius 3 is 2.06 bits per heavy atom. The minimum absolute atomic E-state index is 0.0387. The van der Waals surface area contributed by atoms with Crippen molar-refractivity contribution in [2.24, 2.45) is 0 Å². The molecule has 0 unspecified atom stereocenters. The van der Waals surface area contributed by atoms with Gasteiger partial charge in [-0.2, -0.15) is 0 Å². The number of hydrogen-bond donors (Lipinski definition) is 4. The third kappa shape index (κ3) is 5.37. The molecule has 32 heavy (non-hydrogen) atoms. The normalized spacial score (nSPS) is 10.5. The molecule has 0 atom stereocenters. The first-order valence-electron chi connectivity index (χ1n) is 10.3. The molecule has 3 aromatic carbocycles. The molecular formula is C25H27N3O4. The van der Waals surface area contributed by atoms with Crippen LogP contribution in [0.1, 0.15) is 40.1 Å². The molecule has 0 heterocycles. The maximum atomic E-state index is 12.8. The van der Waals surface area contributed by atoms with Crippen LogP contribution in [-0.2, 0) is 0 Å². The number of rotatable bonds is 7. The lowest BCUT2D eigenvalue weighted by Gasteiger charge is -2.18. The molecule has 7 nitrogen and oxygen atoms in total. The van der Waals surface area contributed by atoms with Gasteiger partial charge in [-0.05, 0) is 69.3 Å². The zero-order valence-corrected chi connectivity index (χ0v) is 18.5. The summed E-state index contributed by atoms with van der Waals surface area (Å²) in [5.74, 6) is -1.15. The number of carbonyl (C=O) groups is 2. The maximum Gasteiger partial charge on any atom is 0.259 e. The highest BCUT2D eigenvalue weighted by molar-refractivity contribution is 6.09. The van der Waals surface area contributed by atoms with E-state index in [1.807, 2.05) is 19.1 Å². The van der Waals surface area contributed by atoms with Gasteiger partial charge in [-0.25, -0.2) is 0 Å². The van der Waals surface area contributed by atoms with Crippen molar-refractivity contribution in [1.29, 1.82) is 0 Å². The number of anilines is 3. The van der Waals surface area contributed by atoms with E-state index in [-0.39, 0.29) is 34.8 Å². The van der Waals surface area contributed by atoms with E-state index in [2.05, 4.69) is 16.0 Å². The molecule has 7 heteroatoms. The SMILES string of the molecule is CNc1ccc(C(=O)Nc2ccc(C(=O)Nc3ccc(C)cc3)c(O)c2OC(C)C)cc1. The first kappa shape index (κ1) is 22.7. The van der Waals surface area contributed by atoms with E-state index in [1.165, 1.54) is 6.07 Å². The van der Waals surface area contributed by atoms with Crippen LogP contribution in [0.15, 0.2) is 60.7 Å². The summed E-state index contributed by atoms with van der Waals surface area (Å²) in [6.07, 6.45) is -0.290. The molecule has 0 aliphatic heterocycles. The van der Waals surface area contributed by atoms with Crippen molar-refractivity contribution in [3.05, 3.63) is 77.4 Å². The monoisotopic (exact) mass is 433 g/mol. The number of ether oxygens (including phenoxy) is 1. The Balaban J connectivity index is 1.87. The van der Waals surface area contributed by atoms with Crippen molar-refractivity contribution >= 4 is 28.9 Å². The number of nitrogens with one attached hydrogen (secondary N) is 3. The predicted molar refractivity (Wildman–Crippen MR) is 127 cm³/mol. The standard InChI is InChI=1S/C25H27N3O4/c1-15(2)32-23-21(28-24(30)17-7-11-18(26-4)12-8-17)14-13-20(22(23)29)25(31)27-19-9-5-16(3)6-10-19/h5-15,26,29H,1-4H3,(H,27,31)(H,28,30). The molecule has 0 saturated heterocycles. The highest BCUT2D eigenvalue weighted by atomic mass is 16.5. The number of phenols is 1. The summed E-state index contributed by atoms with van der Waals surface area (Å²) in [5.41, 5.74) is 3.31. The van der Waals surface area contributed by atoms with Gasteiger partial charge in [0.15, 0.2) is 11.5 Å². The van der Waals surface area contributed by atoms with E-state index >= 15 is 0 Å². The summed E-state index contributed by atoms with van der Waals surface area (Å²) in [5, 5.41) is 19.3. The molecule has 0 aromatic heterocycles. The quantitative estimate of drug-likeness (QED) is 0.419. The first-order valence-corrected chi connectivity index (χ1v) is 10.3. The molecule has 4 N–H and O–H groups in total. The molecular weight excluding hydrogens is 406 g/mol. The molecule has 2 amide bonds. The van der Waals surface area contributed by atoms with Crippen molar-refractivity contribution < 1.29 is 19.4 Å². The van der Waals surface area contributed by atoms with Gasteiger partial charge < -0.3 is 25.8 Å². The van der Waals surface area contributed by atoms with Gasteiger partial charge in [-0.15, -0.1) is 0 Å². The van der Waals surface area contributed by atoms with Crippen LogP contribution in [0.2, 0.25) is 0 Å². The van der Waals surface area contributed by atoms with E-state index < -0.39 is 5.91 Å². The van der Waals surface area contributed by atoms with E-state index in [0.717, 1.165) is 11.3 Å². The van der Waals surface area contributed by atoms with Crippen molar-refractivity contribution in [2.75, 3.05) is 23.0 Å². The summed E-state index contributed by atoms with van der Waals surface area (Å²) in [6, 6.07) is 17.3. The van der Waals surface area contributed by atoms with Crippen LogP contribution in [0.25, 0.3) is 0 Å². The van der Waals surface area contributed by atoms with Crippen molar-refractivity contribution in [3.63, 3.8) is 0 Å². The third-order valence-corrected chi connectivity index (χ3v) is 4.72. The van der Waals surface area contributed by atoms with Crippen LogP contribution in [0, 0.1) is 6.92 Å². The number of benzene rings is 3. The van der Waals surface area contributed by atoms with Crippen LogP contribution in [0.5, 0.6) is 11.5 Å². The predicted octanol–water partition coefficient (Wildman–Crippen LogP) is 5.03. The zero-order chi connectivity index (χ0) is 23.3. The second kappa shape index (κ2) is 9.87. The van der Waals surface area contributed by atoms with Crippen LogP contribution >= 0.6 is 0 Å². The molecule has 0 bridgehead atoms. The Bertz CT molecular complexity index is 1110. The number of hydrogen-bond acceptors (Lipinski definition) is 5. The second-order valence-corrected chi connectivity index (χ2v) is 7.61. The van der Waals surface area contributed by atoms with Gasteiger partial charge in [0.05, 0.1) is 17.4 Å². The fourth-order valence-corrected chi connectivity index (χ4v) is 3.03. The lowest BCUT2D eigenvalue weighted by atomic mass is 10.1. The number of carbonyl (C=O) groups excluding carboxylic acids is 2. The summed E-state index contributed by atoms with van der Waals surface area (Å²) in [4.78, 5) is 25.5. The summed E-state index contributed by atoms with van der Waals surface area (Å²) < 4.78 is 5.75. The Morgan fingerprint density at radius 2 is 1.47 bits per heavy atom. The van der Waals surface area contributed by atoms with E-state index in [0.29, 0.717) is 11.3 Å². The van der Waals surface area contributed by atoms with Crippen LogP contribution in [-0.4, -0.2) is 30.1 Å². The smallest absolute Gasteiger partial charge is 0.259 e. The number of amides is 2. The van der Waals surface area contributed by atoms with Gasteiger partial charge in [0.1, 0.15) is 0 Å². The largest absolute Gasteiger partial charge is 0.504 e. The second-order valence-electron chi connectivity index (χ2n) is 7.61. The number of aryl methyl sites for hydroxylation is 1. The summed E-state index contributed by atoms with van der Waals surface area (Å²) >= 11 is 0. The van der Waals surface area contributed by atoms with Crippen molar-refractivity contribution in [3.8, 4) is 11.5 Å². The Hall–Kier alpha value is -4.00. The van der Waals surface area contributed by atoms with Gasteiger partial charge in [0.25, 0.3) is 11.8 Å². The molecule has 3 rings (SSSR count). The lowest BCUT2D eigenvalue weighted by molar-refractivity contribution is 0.101. The number of phenolic OH excluding ortho intramolecular Hbond substituents is 1. The molecule has 0 aliphatic carbocycles. The lowest BCUT2D eigenvalue weighted by Crippen LogP contribution is -2.17. The first-order chi connectivity index (χ1) is 15.3. The Morgan fingerprint density at radius 1 is 0.844 bits per heavy atom. The molecule has 0 aliphatic rings. The van der Waals surface area contributed by atoms with Crippen LogP contribution < -0.4 is 20.7 Å². The molecule has 0 spiro atoms. The minimum atomic E-state index is -0.486. The molecule has 3 aromatic rings. The minimum Gasteiger partial charge on any atom is -0.504 e. The molecule has 0 radical (unpaired) electrons. The van der Waals surface area contributed by atoms with Gasteiger partial charge in [0, 0.05) is 24.0 Å². The molecule has 0 saturated carbocycles. The van der Waals surface area contributed by atoms with Crippen LogP contribution in [0.3, 0.4) is 0 Å². The van der Waals surface area contributed by atoms with E-state index in [9.17, 15) is 14.7 Å². The highest BCUT2D eigenvalue weighted by Gasteiger charge is 2.21. The Labute approximate surface area is 187 Å². The fraction of sp³-hybridized carbons (Fsp3) is 0.200.